The number of aliphatic carboxylic acids is 1. The van der Waals surface area contributed by atoms with Crippen LogP contribution in [0.25, 0.3) is 11.1 Å². The van der Waals surface area contributed by atoms with Crippen LogP contribution in [0.15, 0.2) is 72.8 Å². The summed E-state index contributed by atoms with van der Waals surface area (Å²) in [5, 5.41) is 12.4. The molecule has 1 amide bonds. The fourth-order valence-electron chi connectivity index (χ4n) is 5.36. The van der Waals surface area contributed by atoms with Crippen LogP contribution in [0.3, 0.4) is 0 Å². The summed E-state index contributed by atoms with van der Waals surface area (Å²) in [4.78, 5) is 27.6. The Hall–Kier alpha value is -3.17. The molecule has 3 atom stereocenters. The topological polar surface area (TPSA) is 88.1 Å². The third-order valence-corrected chi connectivity index (χ3v) is 8.18. The van der Waals surface area contributed by atoms with E-state index in [9.17, 15) is 14.7 Å². The summed E-state index contributed by atoms with van der Waals surface area (Å²) in [5.41, 5.74) is 5.49. The number of aryl methyl sites for hydroxylation is 1. The fourth-order valence-corrected chi connectivity index (χ4v) is 5.83. The first-order chi connectivity index (χ1) is 19.9. The second kappa shape index (κ2) is 15.2. The lowest BCUT2D eigenvalue weighted by Gasteiger charge is -2.24. The maximum Gasteiger partial charge on any atom is 0.326 e. The van der Waals surface area contributed by atoms with Crippen LogP contribution >= 0.6 is 11.8 Å². The van der Waals surface area contributed by atoms with E-state index in [2.05, 4.69) is 28.4 Å². The Morgan fingerprint density at radius 1 is 1.05 bits per heavy atom. The highest BCUT2D eigenvalue weighted by Gasteiger charge is 2.33. The second-order valence-corrected chi connectivity index (χ2v) is 11.5. The number of thioether (sulfide) groups is 1. The van der Waals surface area contributed by atoms with E-state index < -0.39 is 12.0 Å². The molecule has 1 aliphatic heterocycles. The highest BCUT2D eigenvalue weighted by Crippen LogP contribution is 2.30. The Balaban J connectivity index is 1.56. The van der Waals surface area contributed by atoms with Gasteiger partial charge in [-0.1, -0.05) is 60.7 Å². The van der Waals surface area contributed by atoms with E-state index in [1.54, 1.807) is 18.9 Å². The number of carboxylic acid groups (broad SMARTS) is 1. The second-order valence-electron chi connectivity index (χ2n) is 10.5. The van der Waals surface area contributed by atoms with Crippen molar-refractivity contribution < 1.29 is 24.2 Å². The van der Waals surface area contributed by atoms with Crippen molar-refractivity contribution in [1.82, 2.24) is 10.2 Å². The zero-order valence-electron chi connectivity index (χ0n) is 24.0. The number of benzene rings is 3. The van der Waals surface area contributed by atoms with Gasteiger partial charge in [-0.2, -0.15) is 11.8 Å². The molecule has 0 aliphatic carbocycles. The van der Waals surface area contributed by atoms with Crippen molar-refractivity contribution >= 4 is 23.6 Å². The normalized spacial score (nSPS) is 17.8. The standard InChI is InChI=1S/C33H40N2O5S/c1-23-9-7-8-12-28(23)30-17-25(13-14-29(30)32(36)34-31(33(37)38)15-16-41-3)19-35-20-27(18-26(35)22-39-2)40-21-24-10-5-4-6-11-24/h4-14,17,26-27,31H,15-16,18-22H2,1-3H3,(H,34,36)(H,37,38)/t26-,27?,31-/m0/s1. The number of nitrogens with one attached hydrogen (secondary N) is 1. The third kappa shape index (κ3) is 8.42. The van der Waals surface area contributed by atoms with Crippen LogP contribution in [-0.2, 0) is 27.4 Å². The van der Waals surface area contributed by atoms with Crippen LogP contribution in [0.5, 0.6) is 0 Å². The molecule has 0 aromatic heterocycles. The molecule has 3 aromatic rings. The van der Waals surface area contributed by atoms with Gasteiger partial charge >= 0.3 is 5.97 Å². The quantitative estimate of drug-likeness (QED) is 0.266. The average Bonchev–Trinajstić information content (AvgIpc) is 3.35. The molecule has 4 rings (SSSR count). The molecule has 3 aromatic carbocycles. The minimum atomic E-state index is -1.02. The molecule has 8 heteroatoms. The van der Waals surface area contributed by atoms with Gasteiger partial charge in [0.25, 0.3) is 5.91 Å². The SMILES string of the molecule is COC[C@@H]1CC(OCc2ccccc2)CN1Cc1ccc(C(=O)N[C@@H](CCSC)C(=O)O)c(-c2ccccc2C)c1. The first kappa shape index (κ1) is 30.8. The molecular formula is C33H40N2O5S. The number of methoxy groups -OCH3 is 1. The molecule has 1 saturated heterocycles. The summed E-state index contributed by atoms with van der Waals surface area (Å²) < 4.78 is 11.8. The van der Waals surface area contributed by atoms with Gasteiger partial charge in [0.2, 0.25) is 0 Å². The number of ether oxygens (including phenoxy) is 2. The number of likely N-dealkylation sites (tertiary alicyclic amines) is 1. The first-order valence-corrected chi connectivity index (χ1v) is 15.4. The molecule has 1 fully saturated rings. The molecular weight excluding hydrogens is 536 g/mol. The van der Waals surface area contributed by atoms with Crippen LogP contribution in [-0.4, -0.2) is 72.3 Å². The number of carbonyl (C=O) groups is 2. The Morgan fingerprint density at radius 3 is 2.51 bits per heavy atom. The lowest BCUT2D eigenvalue weighted by Crippen LogP contribution is -2.41. The van der Waals surface area contributed by atoms with Gasteiger partial charge in [-0.15, -0.1) is 0 Å². The van der Waals surface area contributed by atoms with Gasteiger partial charge in [0.05, 0.1) is 19.3 Å². The average molecular weight is 577 g/mol. The minimum absolute atomic E-state index is 0.102. The van der Waals surface area contributed by atoms with E-state index >= 15 is 0 Å². The van der Waals surface area contributed by atoms with E-state index in [4.69, 9.17) is 9.47 Å². The monoisotopic (exact) mass is 576 g/mol. The summed E-state index contributed by atoms with van der Waals surface area (Å²) in [5.74, 6) is -0.755. The van der Waals surface area contributed by atoms with Gasteiger partial charge in [-0.05, 0) is 71.7 Å². The van der Waals surface area contributed by atoms with Crippen molar-refractivity contribution in [3.63, 3.8) is 0 Å². The van der Waals surface area contributed by atoms with Gasteiger partial charge in [0, 0.05) is 31.8 Å². The Labute approximate surface area is 247 Å². The van der Waals surface area contributed by atoms with E-state index in [1.165, 1.54) is 0 Å². The fraction of sp³-hybridized carbons (Fsp3) is 0.394. The van der Waals surface area contributed by atoms with Gasteiger partial charge in [-0.25, -0.2) is 4.79 Å². The number of amides is 1. The number of rotatable bonds is 14. The smallest absolute Gasteiger partial charge is 0.326 e. The van der Waals surface area contributed by atoms with Crippen molar-refractivity contribution in [2.75, 3.05) is 32.3 Å². The number of hydrogen-bond acceptors (Lipinski definition) is 6. The predicted molar refractivity (Wildman–Crippen MR) is 164 cm³/mol. The lowest BCUT2D eigenvalue weighted by molar-refractivity contribution is -0.139. The van der Waals surface area contributed by atoms with Crippen LogP contribution in [0.2, 0.25) is 0 Å². The maximum atomic E-state index is 13.4. The molecule has 0 radical (unpaired) electrons. The van der Waals surface area contributed by atoms with Gasteiger partial charge in [0.15, 0.2) is 0 Å². The summed E-state index contributed by atoms with van der Waals surface area (Å²) in [6.07, 6.45) is 3.28. The summed E-state index contributed by atoms with van der Waals surface area (Å²) in [6, 6.07) is 23.3. The summed E-state index contributed by atoms with van der Waals surface area (Å²) >= 11 is 1.56. The zero-order valence-corrected chi connectivity index (χ0v) is 24.9. The maximum absolute atomic E-state index is 13.4. The molecule has 1 unspecified atom stereocenters. The van der Waals surface area contributed by atoms with Crippen molar-refractivity contribution in [2.24, 2.45) is 0 Å². The summed E-state index contributed by atoms with van der Waals surface area (Å²) in [6.45, 7) is 4.69. The predicted octanol–water partition coefficient (Wildman–Crippen LogP) is 5.40. The van der Waals surface area contributed by atoms with Crippen molar-refractivity contribution in [3.8, 4) is 11.1 Å². The number of carbonyl (C=O) groups excluding carboxylic acids is 1. The molecule has 0 spiro atoms. The largest absolute Gasteiger partial charge is 0.480 e. The van der Waals surface area contributed by atoms with E-state index in [1.807, 2.05) is 67.8 Å². The molecule has 0 bridgehead atoms. The van der Waals surface area contributed by atoms with E-state index in [0.29, 0.717) is 37.5 Å². The molecule has 2 N–H and O–H groups in total. The highest BCUT2D eigenvalue weighted by molar-refractivity contribution is 7.98. The molecule has 41 heavy (non-hydrogen) atoms. The van der Waals surface area contributed by atoms with Crippen molar-refractivity contribution in [3.05, 3.63) is 95.1 Å². The first-order valence-electron chi connectivity index (χ1n) is 14.0. The molecule has 0 saturated carbocycles. The lowest BCUT2D eigenvalue weighted by atomic mass is 9.93. The summed E-state index contributed by atoms with van der Waals surface area (Å²) in [7, 11) is 1.73. The van der Waals surface area contributed by atoms with Crippen LogP contribution in [0.1, 0.15) is 39.9 Å². The molecule has 218 valence electrons. The third-order valence-electron chi connectivity index (χ3n) is 7.54. The Kier molecular flexibility index (Phi) is 11.4. The van der Waals surface area contributed by atoms with Crippen LogP contribution in [0.4, 0.5) is 0 Å². The number of hydrogen-bond donors (Lipinski definition) is 2. The van der Waals surface area contributed by atoms with Gasteiger partial charge in [0.1, 0.15) is 6.04 Å². The molecule has 1 heterocycles. The minimum Gasteiger partial charge on any atom is -0.480 e. The molecule has 7 nitrogen and oxygen atoms in total. The van der Waals surface area contributed by atoms with Crippen molar-refractivity contribution in [2.45, 2.75) is 51.1 Å². The Morgan fingerprint density at radius 2 is 1.80 bits per heavy atom. The van der Waals surface area contributed by atoms with Crippen LogP contribution in [0, 0.1) is 6.92 Å². The zero-order chi connectivity index (χ0) is 29.2. The number of carboxylic acids is 1. The van der Waals surface area contributed by atoms with Crippen molar-refractivity contribution in [1.29, 1.82) is 0 Å². The van der Waals surface area contributed by atoms with Gasteiger partial charge < -0.3 is 19.9 Å². The van der Waals surface area contributed by atoms with Gasteiger partial charge in [-0.3, -0.25) is 9.69 Å². The van der Waals surface area contributed by atoms with E-state index in [-0.39, 0.29) is 18.1 Å². The highest BCUT2D eigenvalue weighted by atomic mass is 32.2. The molecule has 1 aliphatic rings. The van der Waals surface area contributed by atoms with E-state index in [0.717, 1.165) is 40.8 Å². The number of nitrogens with zero attached hydrogens (tertiary/aromatic N) is 1. The van der Waals surface area contributed by atoms with Crippen LogP contribution < -0.4 is 5.32 Å². The Bertz CT molecular complexity index is 1300.